The van der Waals surface area contributed by atoms with E-state index in [1.54, 1.807) is 0 Å². The minimum Gasteiger partial charge on any atom is -0.301 e. The molecule has 184 valence electrons. The van der Waals surface area contributed by atoms with E-state index in [1.807, 2.05) is 13.8 Å². The lowest BCUT2D eigenvalue weighted by atomic mass is 9.71. The van der Waals surface area contributed by atoms with Crippen molar-refractivity contribution < 1.29 is 0 Å². The highest BCUT2D eigenvalue weighted by Crippen LogP contribution is 2.42. The van der Waals surface area contributed by atoms with Crippen molar-refractivity contribution >= 4 is 0 Å². The van der Waals surface area contributed by atoms with Gasteiger partial charge in [-0.05, 0) is 99.7 Å². The Morgan fingerprint density at radius 2 is 0.710 bits per heavy atom. The maximum absolute atomic E-state index is 2.64. The third-order valence-corrected chi connectivity index (χ3v) is 8.40. The molecule has 0 aromatic heterocycles. The number of rotatable bonds is 4. The summed E-state index contributed by atoms with van der Waals surface area (Å²) in [5, 5.41) is 0. The zero-order chi connectivity index (χ0) is 23.4. The smallest absolute Gasteiger partial charge is 0.00972 e. The second-order valence-corrected chi connectivity index (χ2v) is 11.9. The van der Waals surface area contributed by atoms with Crippen molar-refractivity contribution in [2.45, 2.75) is 113 Å². The Bertz CT molecular complexity index is 505. The van der Waals surface area contributed by atoms with Crippen molar-refractivity contribution in [3.63, 3.8) is 0 Å². The molecule has 4 heterocycles. The van der Waals surface area contributed by atoms with Crippen LogP contribution in [0.25, 0.3) is 0 Å². The van der Waals surface area contributed by atoms with Gasteiger partial charge in [0.1, 0.15) is 0 Å². The zero-order valence-corrected chi connectivity index (χ0v) is 22.9. The molecule has 0 amide bonds. The van der Waals surface area contributed by atoms with Crippen LogP contribution in [-0.2, 0) is 0 Å². The Kier molecular flexibility index (Phi) is 9.88. The number of nitrogens with zero attached hydrogens (tertiary/aromatic N) is 4. The van der Waals surface area contributed by atoms with E-state index in [1.165, 1.54) is 71.6 Å². The maximum Gasteiger partial charge on any atom is 0.00972 e. The lowest BCUT2D eigenvalue weighted by molar-refractivity contribution is -0.0662. The monoisotopic (exact) mass is 436 g/mol. The third-order valence-electron chi connectivity index (χ3n) is 8.40. The first-order valence-corrected chi connectivity index (χ1v) is 13.5. The highest BCUT2D eigenvalue weighted by molar-refractivity contribution is 5.02. The molecule has 2 spiro atoms. The van der Waals surface area contributed by atoms with Gasteiger partial charge in [-0.25, -0.2) is 0 Å². The van der Waals surface area contributed by atoms with Crippen LogP contribution in [0.1, 0.15) is 88.5 Å². The van der Waals surface area contributed by atoms with Gasteiger partial charge in [-0.3, -0.25) is 9.80 Å². The van der Waals surface area contributed by atoms with Crippen LogP contribution in [0.3, 0.4) is 0 Å². The van der Waals surface area contributed by atoms with Gasteiger partial charge in [0, 0.05) is 62.3 Å². The van der Waals surface area contributed by atoms with Gasteiger partial charge in [-0.2, -0.15) is 0 Å². The Labute approximate surface area is 195 Å². The van der Waals surface area contributed by atoms with E-state index in [-0.39, 0.29) is 0 Å². The summed E-state index contributed by atoms with van der Waals surface area (Å²) in [6.45, 7) is 33.2. The molecule has 0 aromatic rings. The van der Waals surface area contributed by atoms with Gasteiger partial charge < -0.3 is 9.80 Å². The molecule has 0 N–H and O–H groups in total. The van der Waals surface area contributed by atoms with Crippen LogP contribution in [-0.4, -0.2) is 96.1 Å². The SMILES string of the molecule is CC.CC(C)N1CCC2(C1)CN(C(C)C)C2.CC(C)N1CCC2(CC1)CN(C(C)C)C2. The molecule has 0 saturated carbocycles. The second-order valence-electron chi connectivity index (χ2n) is 11.9. The molecule has 4 saturated heterocycles. The first-order valence-electron chi connectivity index (χ1n) is 13.5. The molecule has 0 bridgehead atoms. The van der Waals surface area contributed by atoms with Gasteiger partial charge in [0.2, 0.25) is 0 Å². The Morgan fingerprint density at radius 3 is 1.06 bits per heavy atom. The second kappa shape index (κ2) is 11.3. The normalized spacial score (nSPS) is 26.1. The van der Waals surface area contributed by atoms with Crippen LogP contribution in [0.4, 0.5) is 0 Å². The van der Waals surface area contributed by atoms with Gasteiger partial charge in [0.05, 0.1) is 0 Å². The minimum absolute atomic E-state index is 0.675. The molecular formula is C27H56N4. The fourth-order valence-electron chi connectivity index (χ4n) is 5.86. The first-order chi connectivity index (χ1) is 14.5. The van der Waals surface area contributed by atoms with Crippen LogP contribution < -0.4 is 0 Å². The van der Waals surface area contributed by atoms with Gasteiger partial charge >= 0.3 is 0 Å². The molecule has 4 aliphatic rings. The van der Waals surface area contributed by atoms with E-state index in [0.29, 0.717) is 10.8 Å². The average molecular weight is 437 g/mol. The lowest BCUT2D eigenvalue weighted by Gasteiger charge is -2.56. The number of hydrogen-bond acceptors (Lipinski definition) is 4. The summed E-state index contributed by atoms with van der Waals surface area (Å²) in [5.74, 6) is 0. The number of piperidine rings is 1. The van der Waals surface area contributed by atoms with Crippen LogP contribution in [0.5, 0.6) is 0 Å². The molecule has 31 heavy (non-hydrogen) atoms. The van der Waals surface area contributed by atoms with Gasteiger partial charge in [-0.15, -0.1) is 0 Å². The summed E-state index contributed by atoms with van der Waals surface area (Å²) in [4.78, 5) is 10.5. The quantitative estimate of drug-likeness (QED) is 0.612. The highest BCUT2D eigenvalue weighted by atomic mass is 15.3. The molecule has 0 atom stereocenters. The molecule has 0 aromatic carbocycles. The van der Waals surface area contributed by atoms with Crippen LogP contribution in [0.15, 0.2) is 0 Å². The third kappa shape index (κ3) is 6.68. The molecule has 0 unspecified atom stereocenters. The predicted molar refractivity (Wildman–Crippen MR) is 137 cm³/mol. The molecule has 4 rings (SSSR count). The first kappa shape index (κ1) is 27.1. The molecule has 4 heteroatoms. The van der Waals surface area contributed by atoms with Gasteiger partial charge in [0.25, 0.3) is 0 Å². The van der Waals surface area contributed by atoms with Crippen LogP contribution in [0, 0.1) is 10.8 Å². The Morgan fingerprint density at radius 1 is 0.419 bits per heavy atom. The maximum atomic E-state index is 2.64. The summed E-state index contributed by atoms with van der Waals surface area (Å²) in [6, 6.07) is 2.97. The predicted octanol–water partition coefficient (Wildman–Crippen LogP) is 5.04. The standard InChI is InChI=1S/C13H26N2.C12H24N2.C2H6/c1-11(2)14-7-5-13(6-8-14)9-15(10-13)12(3)4;1-10(2)13-6-5-12(7-13)8-14(9-12)11(3)4;1-2/h11-12H,5-10H2,1-4H3;10-11H,5-9H2,1-4H3;1-2H3. The molecular weight excluding hydrogens is 380 g/mol. The molecule has 0 aliphatic carbocycles. The van der Waals surface area contributed by atoms with Crippen molar-refractivity contribution in [2.24, 2.45) is 10.8 Å². The Hall–Kier alpha value is -0.160. The fraction of sp³-hybridized carbons (Fsp3) is 1.00. The van der Waals surface area contributed by atoms with Crippen molar-refractivity contribution in [2.75, 3.05) is 52.4 Å². The van der Waals surface area contributed by atoms with Crippen molar-refractivity contribution in [3.8, 4) is 0 Å². The van der Waals surface area contributed by atoms with E-state index in [0.717, 1.165) is 24.2 Å². The van der Waals surface area contributed by atoms with Crippen molar-refractivity contribution in [1.29, 1.82) is 0 Å². The summed E-state index contributed by atoms with van der Waals surface area (Å²) in [5.41, 5.74) is 1.38. The highest BCUT2D eigenvalue weighted by Gasteiger charge is 2.48. The van der Waals surface area contributed by atoms with E-state index in [2.05, 4.69) is 75.0 Å². The summed E-state index contributed by atoms with van der Waals surface area (Å²) >= 11 is 0. The number of hydrogen-bond donors (Lipinski definition) is 0. The molecule has 0 radical (unpaired) electrons. The van der Waals surface area contributed by atoms with Crippen LogP contribution >= 0.6 is 0 Å². The summed E-state index contributed by atoms with van der Waals surface area (Å²) in [7, 11) is 0. The van der Waals surface area contributed by atoms with Gasteiger partial charge in [0.15, 0.2) is 0 Å². The summed E-state index contributed by atoms with van der Waals surface area (Å²) < 4.78 is 0. The van der Waals surface area contributed by atoms with E-state index >= 15 is 0 Å². The van der Waals surface area contributed by atoms with Crippen molar-refractivity contribution in [3.05, 3.63) is 0 Å². The Balaban J connectivity index is 0.000000204. The molecule has 4 fully saturated rings. The van der Waals surface area contributed by atoms with E-state index in [4.69, 9.17) is 0 Å². The van der Waals surface area contributed by atoms with E-state index < -0.39 is 0 Å². The molecule has 4 nitrogen and oxygen atoms in total. The average Bonchev–Trinajstić information content (AvgIpc) is 3.13. The fourth-order valence-corrected chi connectivity index (χ4v) is 5.86. The zero-order valence-electron chi connectivity index (χ0n) is 22.9. The lowest BCUT2D eigenvalue weighted by Crippen LogP contribution is -2.62. The topological polar surface area (TPSA) is 13.0 Å². The summed E-state index contributed by atoms with van der Waals surface area (Å²) in [6.07, 6.45) is 4.28. The van der Waals surface area contributed by atoms with Crippen molar-refractivity contribution in [1.82, 2.24) is 19.6 Å². The van der Waals surface area contributed by atoms with E-state index in [9.17, 15) is 0 Å². The number of likely N-dealkylation sites (tertiary alicyclic amines) is 4. The largest absolute Gasteiger partial charge is 0.301 e. The minimum atomic E-state index is 0.675. The molecule has 4 aliphatic heterocycles. The van der Waals surface area contributed by atoms with Gasteiger partial charge in [-0.1, -0.05) is 13.8 Å². The van der Waals surface area contributed by atoms with Crippen LogP contribution in [0.2, 0.25) is 0 Å².